The first-order valence-electron chi connectivity index (χ1n) is 6.48. The van der Waals surface area contributed by atoms with Gasteiger partial charge in [-0.2, -0.15) is 5.10 Å². The minimum absolute atomic E-state index is 0.362. The summed E-state index contributed by atoms with van der Waals surface area (Å²) in [7, 11) is 4.02. The van der Waals surface area contributed by atoms with Gasteiger partial charge in [-0.25, -0.2) is 0 Å². The van der Waals surface area contributed by atoms with Gasteiger partial charge in [-0.1, -0.05) is 24.3 Å². The van der Waals surface area contributed by atoms with Crippen molar-refractivity contribution in [3.8, 4) is 0 Å². The maximum absolute atomic E-state index is 4.38. The summed E-state index contributed by atoms with van der Waals surface area (Å²) >= 11 is 1.84. The zero-order valence-electron chi connectivity index (χ0n) is 12.0. The van der Waals surface area contributed by atoms with Crippen LogP contribution in [0.15, 0.2) is 35.4 Å². The molecule has 102 valence electrons. The molecule has 1 aromatic carbocycles. The molecule has 0 bridgehead atoms. The van der Waals surface area contributed by atoms with Crippen molar-refractivity contribution in [2.24, 2.45) is 7.05 Å². The highest BCUT2D eigenvalue weighted by Gasteiger charge is 2.13. The molecule has 4 heteroatoms. The molecular formula is C15H21N3S. The highest BCUT2D eigenvalue weighted by atomic mass is 32.2. The zero-order valence-corrected chi connectivity index (χ0v) is 12.8. The van der Waals surface area contributed by atoms with Crippen LogP contribution >= 0.6 is 11.8 Å². The van der Waals surface area contributed by atoms with Gasteiger partial charge in [-0.3, -0.25) is 4.68 Å². The number of rotatable bonds is 5. The number of nitrogens with one attached hydrogen (secondary N) is 1. The van der Waals surface area contributed by atoms with E-state index >= 15 is 0 Å². The van der Waals surface area contributed by atoms with Gasteiger partial charge < -0.3 is 5.32 Å². The quantitative estimate of drug-likeness (QED) is 0.850. The van der Waals surface area contributed by atoms with E-state index in [0.29, 0.717) is 6.04 Å². The Morgan fingerprint density at radius 1 is 1.32 bits per heavy atom. The van der Waals surface area contributed by atoms with E-state index in [1.807, 2.05) is 37.5 Å². The van der Waals surface area contributed by atoms with Gasteiger partial charge in [-0.05, 0) is 38.1 Å². The van der Waals surface area contributed by atoms with Crippen molar-refractivity contribution < 1.29 is 0 Å². The Morgan fingerprint density at radius 3 is 2.63 bits per heavy atom. The first kappa shape index (κ1) is 14.2. The van der Waals surface area contributed by atoms with Crippen LogP contribution in [-0.2, 0) is 7.05 Å². The molecule has 1 heterocycles. The lowest BCUT2D eigenvalue weighted by molar-refractivity contribution is 0.652. The lowest BCUT2D eigenvalue weighted by atomic mass is 10.0. The first-order valence-corrected chi connectivity index (χ1v) is 7.46. The Bertz CT molecular complexity index is 548. The summed E-state index contributed by atoms with van der Waals surface area (Å²) < 4.78 is 1.95. The Balaban J connectivity index is 2.08. The van der Waals surface area contributed by atoms with Crippen LogP contribution in [0.3, 0.4) is 0 Å². The summed E-state index contributed by atoms with van der Waals surface area (Å²) in [6.45, 7) is 4.19. The van der Waals surface area contributed by atoms with Crippen molar-refractivity contribution in [2.45, 2.75) is 24.9 Å². The van der Waals surface area contributed by atoms with Crippen molar-refractivity contribution in [2.75, 3.05) is 12.8 Å². The summed E-state index contributed by atoms with van der Waals surface area (Å²) in [6.07, 6.45) is 0. The molecule has 2 rings (SSSR count). The third-order valence-electron chi connectivity index (χ3n) is 3.27. The maximum Gasteiger partial charge on any atom is 0.0939 e. The summed E-state index contributed by atoms with van der Waals surface area (Å²) in [5.74, 6) is 1.00. The summed E-state index contributed by atoms with van der Waals surface area (Å²) in [6, 6.07) is 11.1. The topological polar surface area (TPSA) is 29.9 Å². The molecule has 0 saturated carbocycles. The van der Waals surface area contributed by atoms with Crippen molar-refractivity contribution >= 4 is 11.8 Å². The number of nitrogens with zero attached hydrogens (tertiary/aromatic N) is 2. The fourth-order valence-corrected chi connectivity index (χ4v) is 3.36. The summed E-state index contributed by atoms with van der Waals surface area (Å²) in [5, 5.41) is 9.00. The summed E-state index contributed by atoms with van der Waals surface area (Å²) in [4.78, 5) is 0. The van der Waals surface area contributed by atoms with Crippen LogP contribution in [0.2, 0.25) is 0 Å². The van der Waals surface area contributed by atoms with E-state index < -0.39 is 0 Å². The smallest absolute Gasteiger partial charge is 0.0939 e. The Labute approximate surface area is 119 Å². The minimum atomic E-state index is 0.362. The van der Waals surface area contributed by atoms with Crippen molar-refractivity contribution in [3.05, 3.63) is 47.2 Å². The van der Waals surface area contributed by atoms with Gasteiger partial charge in [-0.15, -0.1) is 11.8 Å². The lowest BCUT2D eigenvalue weighted by Gasteiger charge is -2.18. The summed E-state index contributed by atoms with van der Waals surface area (Å²) in [5.41, 5.74) is 3.78. The second-order valence-corrected chi connectivity index (χ2v) is 5.80. The molecule has 0 aliphatic rings. The van der Waals surface area contributed by atoms with Gasteiger partial charge in [0.2, 0.25) is 0 Å². The molecule has 0 spiro atoms. The average molecular weight is 275 g/mol. The molecule has 1 aromatic heterocycles. The lowest BCUT2D eigenvalue weighted by Crippen LogP contribution is -2.19. The Morgan fingerprint density at radius 2 is 2.05 bits per heavy atom. The monoisotopic (exact) mass is 275 g/mol. The number of hydrogen-bond acceptors (Lipinski definition) is 3. The van der Waals surface area contributed by atoms with Gasteiger partial charge in [0.05, 0.1) is 10.7 Å². The van der Waals surface area contributed by atoms with E-state index in [1.54, 1.807) is 0 Å². The third-order valence-corrected chi connectivity index (χ3v) is 4.45. The maximum atomic E-state index is 4.38. The van der Waals surface area contributed by atoms with Crippen LogP contribution < -0.4 is 5.32 Å². The van der Waals surface area contributed by atoms with Crippen LogP contribution in [0.25, 0.3) is 0 Å². The molecule has 19 heavy (non-hydrogen) atoms. The van der Waals surface area contributed by atoms with E-state index in [9.17, 15) is 0 Å². The van der Waals surface area contributed by atoms with Crippen molar-refractivity contribution in [3.63, 3.8) is 0 Å². The van der Waals surface area contributed by atoms with Crippen molar-refractivity contribution in [1.82, 2.24) is 15.1 Å². The molecule has 2 aromatic rings. The average Bonchev–Trinajstić information content (AvgIpc) is 2.70. The molecule has 0 amide bonds. The fourth-order valence-electron chi connectivity index (χ4n) is 2.20. The number of thioether (sulfide) groups is 1. The fraction of sp³-hybridized carbons (Fsp3) is 0.400. The van der Waals surface area contributed by atoms with Gasteiger partial charge in [0, 0.05) is 18.8 Å². The van der Waals surface area contributed by atoms with Gasteiger partial charge in [0.1, 0.15) is 0 Å². The number of aryl methyl sites for hydroxylation is 3. The van der Waals surface area contributed by atoms with Gasteiger partial charge in [0.15, 0.2) is 0 Å². The van der Waals surface area contributed by atoms with E-state index in [0.717, 1.165) is 11.4 Å². The molecule has 1 atom stereocenters. The zero-order chi connectivity index (χ0) is 13.8. The molecule has 0 fully saturated rings. The minimum Gasteiger partial charge on any atom is -0.312 e. The molecular weight excluding hydrogens is 254 g/mol. The molecule has 0 radical (unpaired) electrons. The molecule has 3 nitrogen and oxygen atoms in total. The number of benzene rings is 1. The first-order chi connectivity index (χ1) is 9.11. The SMILES string of the molecule is CNC(CSc1cc(C)nn1C)c1ccccc1C. The normalized spacial score (nSPS) is 12.6. The molecule has 0 aliphatic heterocycles. The standard InChI is InChI=1S/C15H21N3S/c1-11-7-5-6-8-13(11)14(16-3)10-19-15-9-12(2)17-18(15)4/h5-9,14,16H,10H2,1-4H3. The number of aromatic nitrogens is 2. The molecule has 0 aliphatic carbocycles. The van der Waals surface area contributed by atoms with E-state index in [1.165, 1.54) is 16.2 Å². The second kappa shape index (κ2) is 6.26. The number of hydrogen-bond donors (Lipinski definition) is 1. The predicted molar refractivity (Wildman–Crippen MR) is 81.6 cm³/mol. The van der Waals surface area contributed by atoms with Crippen molar-refractivity contribution in [1.29, 1.82) is 0 Å². The Hall–Kier alpha value is -1.26. The molecule has 1 unspecified atom stereocenters. The highest BCUT2D eigenvalue weighted by molar-refractivity contribution is 7.99. The van der Waals surface area contributed by atoms with Crippen LogP contribution in [-0.4, -0.2) is 22.6 Å². The predicted octanol–water partition coefficient (Wildman–Crippen LogP) is 3.09. The Kier molecular flexibility index (Phi) is 4.66. The van der Waals surface area contributed by atoms with Crippen LogP contribution in [0.1, 0.15) is 22.9 Å². The van der Waals surface area contributed by atoms with E-state index in [4.69, 9.17) is 0 Å². The van der Waals surface area contributed by atoms with Crippen LogP contribution in [0.5, 0.6) is 0 Å². The van der Waals surface area contributed by atoms with Gasteiger partial charge in [0.25, 0.3) is 0 Å². The second-order valence-electron chi connectivity index (χ2n) is 4.76. The van der Waals surface area contributed by atoms with Crippen LogP contribution in [0, 0.1) is 13.8 Å². The van der Waals surface area contributed by atoms with E-state index in [-0.39, 0.29) is 0 Å². The van der Waals surface area contributed by atoms with Gasteiger partial charge >= 0.3 is 0 Å². The third kappa shape index (κ3) is 3.39. The highest BCUT2D eigenvalue weighted by Crippen LogP contribution is 2.26. The van der Waals surface area contributed by atoms with Crippen LogP contribution in [0.4, 0.5) is 0 Å². The molecule has 1 N–H and O–H groups in total. The molecule has 0 saturated heterocycles. The largest absolute Gasteiger partial charge is 0.312 e. The van der Waals surface area contributed by atoms with E-state index in [2.05, 4.69) is 47.7 Å².